The van der Waals surface area contributed by atoms with Gasteiger partial charge < -0.3 is 15.5 Å². The molecule has 10 heteroatoms. The Morgan fingerprint density at radius 2 is 2.27 bits per heavy atom. The maximum atomic E-state index is 11.4. The lowest BCUT2D eigenvalue weighted by molar-refractivity contribution is 0.518. The molecule has 0 spiro atoms. The predicted molar refractivity (Wildman–Crippen MR) is 110 cm³/mol. The van der Waals surface area contributed by atoms with Crippen molar-refractivity contribution in [3.63, 3.8) is 0 Å². The fraction of sp³-hybridized carbons (Fsp3) is 0.312. The van der Waals surface area contributed by atoms with Crippen LogP contribution in [-0.2, 0) is 22.8 Å². The Morgan fingerprint density at radius 3 is 2.92 bits per heavy atom. The smallest absolute Gasteiger partial charge is 0.148 e. The van der Waals surface area contributed by atoms with E-state index in [1.807, 2.05) is 12.1 Å². The minimum Gasteiger partial charge on any atom is -0.467 e. The number of furan rings is 1. The quantitative estimate of drug-likeness (QED) is 0.501. The molecule has 0 saturated heterocycles. The van der Waals surface area contributed by atoms with Crippen molar-refractivity contribution >= 4 is 64.6 Å². The summed E-state index contributed by atoms with van der Waals surface area (Å²) in [5.74, 6) is 0.739. The maximum Gasteiger partial charge on any atom is 0.148 e. The molecule has 3 aromatic rings. The van der Waals surface area contributed by atoms with Gasteiger partial charge in [-0.05, 0) is 34.5 Å². The molecule has 0 aliphatic rings. The van der Waals surface area contributed by atoms with Crippen molar-refractivity contribution in [2.45, 2.75) is 19.0 Å². The molecule has 0 unspecified atom stereocenters. The Hall–Kier alpha value is -1.13. The number of anilines is 1. The fourth-order valence-electron chi connectivity index (χ4n) is 2.60. The van der Waals surface area contributed by atoms with Crippen LogP contribution in [0.15, 0.2) is 33.4 Å². The molecule has 0 saturated carbocycles. The van der Waals surface area contributed by atoms with Gasteiger partial charge in [0.05, 0.1) is 38.9 Å². The number of nitrogens with two attached hydrogens (primary N) is 1. The highest BCUT2D eigenvalue weighted by molar-refractivity contribution is 9.10. The van der Waals surface area contributed by atoms with E-state index in [0.717, 1.165) is 31.0 Å². The minimum atomic E-state index is -3.13. The molecule has 1 atom stereocenters. The van der Waals surface area contributed by atoms with E-state index in [9.17, 15) is 8.42 Å². The second kappa shape index (κ2) is 7.85. The van der Waals surface area contributed by atoms with Gasteiger partial charge in [0.25, 0.3) is 0 Å². The molecule has 0 amide bonds. The largest absolute Gasteiger partial charge is 0.467 e. The molecule has 0 aliphatic carbocycles. The van der Waals surface area contributed by atoms with Gasteiger partial charge in [0.2, 0.25) is 0 Å². The van der Waals surface area contributed by atoms with Crippen LogP contribution >= 0.6 is 38.9 Å². The SMILES string of the molecule is CS(=O)(=O)C[C@H](N)Cc1sc2c(NCc3ccco3)cc(Cl)nc2c1Br. The Kier molecular flexibility index (Phi) is 5.93. The Bertz CT molecular complexity index is 1020. The van der Waals surface area contributed by atoms with Gasteiger partial charge in [-0.3, -0.25) is 0 Å². The second-order valence-corrected chi connectivity index (χ2v) is 10.5. The Labute approximate surface area is 168 Å². The number of fused-ring (bicyclic) bond motifs is 1. The molecular formula is C16H17BrClN3O3S2. The first-order valence-corrected chi connectivity index (χ1v) is 11.7. The van der Waals surface area contributed by atoms with Crippen LogP contribution in [-0.4, -0.2) is 31.5 Å². The van der Waals surface area contributed by atoms with Crippen molar-refractivity contribution in [1.29, 1.82) is 0 Å². The van der Waals surface area contributed by atoms with Gasteiger partial charge in [-0.15, -0.1) is 11.3 Å². The van der Waals surface area contributed by atoms with Gasteiger partial charge in [-0.1, -0.05) is 11.6 Å². The van der Waals surface area contributed by atoms with E-state index >= 15 is 0 Å². The number of nitrogens with one attached hydrogen (secondary N) is 1. The minimum absolute atomic E-state index is 0.0640. The third kappa shape index (κ3) is 4.77. The number of halogens is 2. The van der Waals surface area contributed by atoms with Crippen molar-refractivity contribution in [1.82, 2.24) is 4.98 Å². The highest BCUT2D eigenvalue weighted by atomic mass is 79.9. The Balaban J connectivity index is 1.90. The zero-order valence-electron chi connectivity index (χ0n) is 13.8. The second-order valence-electron chi connectivity index (χ2n) is 6.00. The van der Waals surface area contributed by atoms with E-state index in [0.29, 0.717) is 18.1 Å². The lowest BCUT2D eigenvalue weighted by Gasteiger charge is -2.08. The maximum absolute atomic E-state index is 11.4. The molecule has 0 aliphatic heterocycles. The van der Waals surface area contributed by atoms with Crippen LogP contribution in [0.25, 0.3) is 10.2 Å². The third-order valence-electron chi connectivity index (χ3n) is 3.62. The topological polar surface area (TPSA) is 98.2 Å². The standard InChI is InChI=1S/C16H17BrClN3O3S2/c1-26(22,23)8-9(19)5-12-14(17)15-16(25-12)11(6-13(18)21-15)20-7-10-3-2-4-24-10/h2-4,6,9H,5,7-8,19H2,1H3,(H,20,21)/t9-/m1/s1. The van der Waals surface area contributed by atoms with E-state index < -0.39 is 15.9 Å². The van der Waals surface area contributed by atoms with Crippen LogP contribution in [0.1, 0.15) is 10.6 Å². The van der Waals surface area contributed by atoms with E-state index in [1.54, 1.807) is 12.3 Å². The zero-order chi connectivity index (χ0) is 18.9. The van der Waals surface area contributed by atoms with E-state index in [4.69, 9.17) is 21.8 Å². The molecule has 3 aromatic heterocycles. The lowest BCUT2D eigenvalue weighted by Crippen LogP contribution is -2.31. The average Bonchev–Trinajstić information content (AvgIpc) is 3.13. The number of hydrogen-bond donors (Lipinski definition) is 2. The molecule has 6 nitrogen and oxygen atoms in total. The normalized spacial score (nSPS) is 13.2. The summed E-state index contributed by atoms with van der Waals surface area (Å²) >= 11 is 11.2. The van der Waals surface area contributed by atoms with Crippen LogP contribution in [0.5, 0.6) is 0 Å². The Morgan fingerprint density at radius 1 is 1.50 bits per heavy atom. The van der Waals surface area contributed by atoms with E-state index in [1.165, 1.54) is 17.6 Å². The summed E-state index contributed by atoms with van der Waals surface area (Å²) in [5, 5.41) is 3.67. The number of aromatic nitrogens is 1. The highest BCUT2D eigenvalue weighted by Crippen LogP contribution is 2.40. The number of thiophene rings is 1. The summed E-state index contributed by atoms with van der Waals surface area (Å²) in [7, 11) is -3.13. The molecule has 0 bridgehead atoms. The van der Waals surface area contributed by atoms with Crippen LogP contribution in [0, 0.1) is 0 Å². The lowest BCUT2D eigenvalue weighted by atomic mass is 10.2. The molecule has 0 aromatic carbocycles. The van der Waals surface area contributed by atoms with Crippen LogP contribution in [0.4, 0.5) is 5.69 Å². The first-order valence-electron chi connectivity index (χ1n) is 7.70. The summed E-state index contributed by atoms with van der Waals surface area (Å²) in [6.07, 6.45) is 3.24. The molecule has 0 fully saturated rings. The monoisotopic (exact) mass is 477 g/mol. The summed E-state index contributed by atoms with van der Waals surface area (Å²) in [6, 6.07) is 4.99. The van der Waals surface area contributed by atoms with E-state index in [-0.39, 0.29) is 5.75 Å². The van der Waals surface area contributed by atoms with Gasteiger partial charge in [0.1, 0.15) is 20.8 Å². The third-order valence-corrected chi connectivity index (χ3v) is 7.20. The number of sulfone groups is 1. The number of rotatable bonds is 7. The number of pyridine rings is 1. The van der Waals surface area contributed by atoms with Gasteiger partial charge in [-0.25, -0.2) is 13.4 Å². The molecular weight excluding hydrogens is 462 g/mol. The first-order chi connectivity index (χ1) is 12.2. The first kappa shape index (κ1) is 19.6. The highest BCUT2D eigenvalue weighted by Gasteiger charge is 2.19. The van der Waals surface area contributed by atoms with Gasteiger partial charge in [-0.2, -0.15) is 0 Å². The number of nitrogens with zero attached hydrogens (tertiary/aromatic N) is 1. The van der Waals surface area contributed by atoms with Crippen molar-refractivity contribution in [3.05, 3.63) is 44.7 Å². The molecule has 3 N–H and O–H groups in total. The predicted octanol–water partition coefficient (Wildman–Crippen LogP) is 3.83. The number of hydrogen-bond acceptors (Lipinski definition) is 7. The molecule has 140 valence electrons. The summed E-state index contributed by atoms with van der Waals surface area (Å²) in [5.41, 5.74) is 7.57. The molecule has 3 heterocycles. The van der Waals surface area contributed by atoms with E-state index in [2.05, 4.69) is 26.2 Å². The van der Waals surface area contributed by atoms with Crippen molar-refractivity contribution in [2.75, 3.05) is 17.3 Å². The van der Waals surface area contributed by atoms with Gasteiger partial charge >= 0.3 is 0 Å². The summed E-state index contributed by atoms with van der Waals surface area (Å²) in [6.45, 7) is 0.515. The molecule has 3 rings (SSSR count). The van der Waals surface area contributed by atoms with Crippen LogP contribution in [0.3, 0.4) is 0 Å². The van der Waals surface area contributed by atoms with Gasteiger partial charge in [0.15, 0.2) is 0 Å². The zero-order valence-corrected chi connectivity index (χ0v) is 17.8. The van der Waals surface area contributed by atoms with Crippen molar-refractivity contribution in [3.8, 4) is 0 Å². The van der Waals surface area contributed by atoms with Crippen molar-refractivity contribution < 1.29 is 12.8 Å². The summed E-state index contributed by atoms with van der Waals surface area (Å²) < 4.78 is 30.0. The molecule has 26 heavy (non-hydrogen) atoms. The van der Waals surface area contributed by atoms with Gasteiger partial charge in [0, 0.05) is 23.2 Å². The fourth-order valence-corrected chi connectivity index (χ4v) is 5.73. The molecule has 0 radical (unpaired) electrons. The van der Waals surface area contributed by atoms with Crippen LogP contribution < -0.4 is 11.1 Å². The average molecular weight is 479 g/mol. The summed E-state index contributed by atoms with van der Waals surface area (Å²) in [4.78, 5) is 5.33. The van der Waals surface area contributed by atoms with Crippen LogP contribution in [0.2, 0.25) is 5.15 Å². The van der Waals surface area contributed by atoms with Crippen molar-refractivity contribution in [2.24, 2.45) is 5.73 Å².